The summed E-state index contributed by atoms with van der Waals surface area (Å²) in [5.41, 5.74) is 3.34. The standard InChI is InChI=1S/C14H14ClN/c1-2-16-14-10-6-4-8-12(14)11-7-3-5-9-13(11)15/h3-10,16H,2H2,1H3. The van der Waals surface area contributed by atoms with E-state index in [2.05, 4.69) is 24.4 Å². The van der Waals surface area contributed by atoms with E-state index in [1.54, 1.807) is 0 Å². The molecule has 2 aromatic carbocycles. The van der Waals surface area contributed by atoms with E-state index in [0.29, 0.717) is 0 Å². The largest absolute Gasteiger partial charge is 0.385 e. The molecule has 0 saturated carbocycles. The first-order chi connectivity index (χ1) is 7.83. The maximum atomic E-state index is 6.20. The third-order valence-corrected chi connectivity index (χ3v) is 2.79. The Hall–Kier alpha value is -1.47. The summed E-state index contributed by atoms with van der Waals surface area (Å²) in [5.74, 6) is 0. The Morgan fingerprint density at radius 3 is 2.25 bits per heavy atom. The first-order valence-corrected chi connectivity index (χ1v) is 5.78. The van der Waals surface area contributed by atoms with E-state index < -0.39 is 0 Å². The molecule has 16 heavy (non-hydrogen) atoms. The molecule has 82 valence electrons. The van der Waals surface area contributed by atoms with Crippen molar-refractivity contribution in [3.05, 3.63) is 53.6 Å². The molecule has 0 unspecified atom stereocenters. The Balaban J connectivity index is 2.51. The van der Waals surface area contributed by atoms with Gasteiger partial charge in [-0.1, -0.05) is 48.0 Å². The summed E-state index contributed by atoms with van der Waals surface area (Å²) < 4.78 is 0. The maximum absolute atomic E-state index is 6.20. The lowest BCUT2D eigenvalue weighted by molar-refractivity contribution is 1.21. The molecule has 0 bridgehead atoms. The van der Waals surface area contributed by atoms with Crippen molar-refractivity contribution in [2.75, 3.05) is 11.9 Å². The van der Waals surface area contributed by atoms with Crippen LogP contribution in [0.3, 0.4) is 0 Å². The maximum Gasteiger partial charge on any atom is 0.0485 e. The molecule has 0 aliphatic heterocycles. The lowest BCUT2D eigenvalue weighted by atomic mass is 10.0. The van der Waals surface area contributed by atoms with E-state index in [1.165, 1.54) is 0 Å². The molecule has 2 aromatic rings. The summed E-state index contributed by atoms with van der Waals surface area (Å²) >= 11 is 6.20. The summed E-state index contributed by atoms with van der Waals surface area (Å²) in [4.78, 5) is 0. The smallest absolute Gasteiger partial charge is 0.0485 e. The van der Waals surface area contributed by atoms with E-state index in [0.717, 1.165) is 28.4 Å². The molecular formula is C14H14ClN. The fourth-order valence-corrected chi connectivity index (χ4v) is 1.98. The number of rotatable bonds is 3. The van der Waals surface area contributed by atoms with Gasteiger partial charge >= 0.3 is 0 Å². The Kier molecular flexibility index (Phi) is 3.47. The van der Waals surface area contributed by atoms with Crippen molar-refractivity contribution in [1.82, 2.24) is 0 Å². The SMILES string of the molecule is CCNc1ccccc1-c1ccccc1Cl. The van der Waals surface area contributed by atoms with Crippen LogP contribution in [0.1, 0.15) is 6.92 Å². The first-order valence-electron chi connectivity index (χ1n) is 5.40. The summed E-state index contributed by atoms with van der Waals surface area (Å²) in [6, 6.07) is 16.1. The molecule has 0 aliphatic rings. The van der Waals surface area contributed by atoms with E-state index in [9.17, 15) is 0 Å². The molecule has 0 fully saturated rings. The van der Waals surface area contributed by atoms with E-state index in [4.69, 9.17) is 11.6 Å². The molecule has 0 amide bonds. The van der Waals surface area contributed by atoms with Crippen LogP contribution in [0.15, 0.2) is 48.5 Å². The van der Waals surface area contributed by atoms with Crippen LogP contribution in [0.4, 0.5) is 5.69 Å². The second-order valence-electron chi connectivity index (χ2n) is 3.56. The van der Waals surface area contributed by atoms with Crippen LogP contribution < -0.4 is 5.32 Å². The number of anilines is 1. The third-order valence-electron chi connectivity index (χ3n) is 2.46. The summed E-state index contributed by atoms with van der Waals surface area (Å²) in [6.07, 6.45) is 0. The summed E-state index contributed by atoms with van der Waals surface area (Å²) in [6.45, 7) is 2.99. The Morgan fingerprint density at radius 2 is 1.56 bits per heavy atom. The molecule has 0 atom stereocenters. The molecule has 1 N–H and O–H groups in total. The minimum Gasteiger partial charge on any atom is -0.385 e. The van der Waals surface area contributed by atoms with E-state index in [-0.39, 0.29) is 0 Å². The van der Waals surface area contributed by atoms with Gasteiger partial charge in [-0.3, -0.25) is 0 Å². The lowest BCUT2D eigenvalue weighted by Crippen LogP contribution is -1.98. The molecule has 0 heterocycles. The van der Waals surface area contributed by atoms with Gasteiger partial charge in [0.2, 0.25) is 0 Å². The zero-order valence-electron chi connectivity index (χ0n) is 9.20. The van der Waals surface area contributed by atoms with E-state index in [1.807, 2.05) is 36.4 Å². The van der Waals surface area contributed by atoms with Crippen molar-refractivity contribution in [2.45, 2.75) is 6.92 Å². The number of halogens is 1. The van der Waals surface area contributed by atoms with Gasteiger partial charge in [-0.05, 0) is 19.1 Å². The predicted molar refractivity (Wildman–Crippen MR) is 71.1 cm³/mol. The lowest BCUT2D eigenvalue weighted by Gasteiger charge is -2.11. The Morgan fingerprint density at radius 1 is 0.938 bits per heavy atom. The molecular weight excluding hydrogens is 218 g/mol. The van der Waals surface area contributed by atoms with Gasteiger partial charge in [-0.25, -0.2) is 0 Å². The van der Waals surface area contributed by atoms with Crippen LogP contribution in [-0.4, -0.2) is 6.54 Å². The highest BCUT2D eigenvalue weighted by molar-refractivity contribution is 6.33. The highest BCUT2D eigenvalue weighted by Gasteiger charge is 2.06. The summed E-state index contributed by atoms with van der Waals surface area (Å²) in [7, 11) is 0. The second-order valence-corrected chi connectivity index (χ2v) is 3.96. The molecule has 1 nitrogen and oxygen atoms in total. The third kappa shape index (κ3) is 2.20. The van der Waals surface area contributed by atoms with Crippen LogP contribution in [0.2, 0.25) is 5.02 Å². The average molecular weight is 232 g/mol. The topological polar surface area (TPSA) is 12.0 Å². The molecule has 0 aliphatic carbocycles. The van der Waals surface area contributed by atoms with Crippen molar-refractivity contribution >= 4 is 17.3 Å². The molecule has 2 heteroatoms. The minimum atomic E-state index is 0.785. The number of hydrogen-bond acceptors (Lipinski definition) is 1. The van der Waals surface area contributed by atoms with Crippen molar-refractivity contribution in [1.29, 1.82) is 0 Å². The number of para-hydroxylation sites is 1. The highest BCUT2D eigenvalue weighted by Crippen LogP contribution is 2.32. The highest BCUT2D eigenvalue weighted by atomic mass is 35.5. The van der Waals surface area contributed by atoms with Crippen LogP contribution in [0, 0.1) is 0 Å². The van der Waals surface area contributed by atoms with Gasteiger partial charge in [0.05, 0.1) is 0 Å². The van der Waals surface area contributed by atoms with Gasteiger partial charge in [0.25, 0.3) is 0 Å². The van der Waals surface area contributed by atoms with Gasteiger partial charge in [-0.15, -0.1) is 0 Å². The molecule has 0 saturated heterocycles. The monoisotopic (exact) mass is 231 g/mol. The van der Waals surface area contributed by atoms with E-state index >= 15 is 0 Å². The number of hydrogen-bond donors (Lipinski definition) is 1. The Bertz CT molecular complexity index is 480. The number of benzene rings is 2. The number of nitrogens with one attached hydrogen (secondary N) is 1. The van der Waals surface area contributed by atoms with Gasteiger partial charge in [-0.2, -0.15) is 0 Å². The minimum absolute atomic E-state index is 0.785. The van der Waals surface area contributed by atoms with Gasteiger partial charge in [0.15, 0.2) is 0 Å². The zero-order valence-corrected chi connectivity index (χ0v) is 9.96. The van der Waals surface area contributed by atoms with Crippen molar-refractivity contribution < 1.29 is 0 Å². The van der Waals surface area contributed by atoms with Crippen molar-refractivity contribution in [3.8, 4) is 11.1 Å². The van der Waals surface area contributed by atoms with Crippen LogP contribution in [-0.2, 0) is 0 Å². The molecule has 0 spiro atoms. The Labute approximate surface area is 101 Å². The molecule has 0 aromatic heterocycles. The quantitative estimate of drug-likeness (QED) is 0.824. The average Bonchev–Trinajstić information content (AvgIpc) is 2.31. The molecule has 0 radical (unpaired) electrons. The molecule has 2 rings (SSSR count). The van der Waals surface area contributed by atoms with Gasteiger partial charge in [0.1, 0.15) is 0 Å². The van der Waals surface area contributed by atoms with Crippen molar-refractivity contribution in [2.24, 2.45) is 0 Å². The fraction of sp³-hybridized carbons (Fsp3) is 0.143. The zero-order chi connectivity index (χ0) is 11.4. The van der Waals surface area contributed by atoms with Crippen LogP contribution in [0.25, 0.3) is 11.1 Å². The predicted octanol–water partition coefficient (Wildman–Crippen LogP) is 4.44. The van der Waals surface area contributed by atoms with Crippen LogP contribution in [0.5, 0.6) is 0 Å². The van der Waals surface area contributed by atoms with Crippen LogP contribution >= 0.6 is 11.6 Å². The van der Waals surface area contributed by atoms with Crippen molar-refractivity contribution in [3.63, 3.8) is 0 Å². The summed E-state index contributed by atoms with van der Waals surface area (Å²) in [5, 5.41) is 4.13. The fourth-order valence-electron chi connectivity index (χ4n) is 1.74. The first kappa shape index (κ1) is 11.0. The van der Waals surface area contributed by atoms with Gasteiger partial charge in [0, 0.05) is 28.4 Å². The second kappa shape index (κ2) is 5.04. The normalized spacial score (nSPS) is 10.1. The van der Waals surface area contributed by atoms with Gasteiger partial charge < -0.3 is 5.32 Å².